The molecule has 106 valence electrons. The van der Waals surface area contributed by atoms with Crippen molar-refractivity contribution < 1.29 is 14.3 Å². The van der Waals surface area contributed by atoms with Crippen LogP contribution in [-0.4, -0.2) is 36.2 Å². The molecule has 0 aromatic carbocycles. The van der Waals surface area contributed by atoms with Gasteiger partial charge in [-0.3, -0.25) is 4.79 Å². The van der Waals surface area contributed by atoms with Crippen LogP contribution in [0, 0.1) is 5.92 Å². The number of nitrogens with two attached hydrogens (primary N) is 1. The van der Waals surface area contributed by atoms with E-state index in [-0.39, 0.29) is 17.8 Å². The largest absolute Gasteiger partial charge is 0.491 e. The summed E-state index contributed by atoms with van der Waals surface area (Å²) in [6.45, 7) is 4.56. The third-order valence-corrected chi connectivity index (χ3v) is 2.32. The van der Waals surface area contributed by atoms with E-state index in [4.69, 9.17) is 15.2 Å². The minimum Gasteiger partial charge on any atom is -0.491 e. The number of anilines is 2. The van der Waals surface area contributed by atoms with Gasteiger partial charge in [0.2, 0.25) is 5.95 Å². The molecule has 0 bridgehead atoms. The average Bonchev–Trinajstić information content (AvgIpc) is 2.38. The Morgan fingerprint density at radius 3 is 2.89 bits per heavy atom. The van der Waals surface area contributed by atoms with Crippen molar-refractivity contribution in [1.29, 1.82) is 0 Å². The monoisotopic (exact) mass is 268 g/mol. The first kappa shape index (κ1) is 15.0. The molecule has 0 fully saturated rings. The van der Waals surface area contributed by atoms with E-state index in [9.17, 15) is 4.79 Å². The Hall–Kier alpha value is -2.05. The molecule has 0 unspecified atom stereocenters. The van der Waals surface area contributed by atoms with E-state index in [1.807, 2.05) is 0 Å². The smallest absolute Gasteiger partial charge is 0.308 e. The maximum atomic E-state index is 11.2. The predicted octanol–water partition coefficient (Wildman–Crippen LogP) is 1.07. The number of carbonyl (C=O) groups is 1. The van der Waals surface area contributed by atoms with Crippen LogP contribution in [0.15, 0.2) is 6.20 Å². The molecule has 1 aromatic heterocycles. The summed E-state index contributed by atoms with van der Waals surface area (Å²) in [5.41, 5.74) is 5.50. The van der Waals surface area contributed by atoms with Crippen LogP contribution in [0.2, 0.25) is 0 Å². The highest BCUT2D eigenvalue weighted by Crippen LogP contribution is 2.20. The molecule has 7 nitrogen and oxygen atoms in total. The van der Waals surface area contributed by atoms with E-state index in [0.29, 0.717) is 31.1 Å². The number of aromatic nitrogens is 2. The second-order valence-electron chi connectivity index (χ2n) is 4.25. The molecule has 0 aliphatic carbocycles. The van der Waals surface area contributed by atoms with E-state index in [0.717, 1.165) is 0 Å². The summed E-state index contributed by atoms with van der Waals surface area (Å²) in [6, 6.07) is 0. The summed E-state index contributed by atoms with van der Waals surface area (Å²) in [7, 11) is 1.53. The second-order valence-corrected chi connectivity index (χ2v) is 4.25. The molecule has 0 amide bonds. The van der Waals surface area contributed by atoms with Gasteiger partial charge < -0.3 is 20.5 Å². The Bertz CT molecular complexity index is 423. The molecule has 0 spiro atoms. The molecule has 1 heterocycles. The lowest BCUT2D eigenvalue weighted by atomic mass is 10.2. The van der Waals surface area contributed by atoms with Crippen LogP contribution in [-0.2, 0) is 9.53 Å². The van der Waals surface area contributed by atoms with E-state index >= 15 is 0 Å². The molecule has 0 radical (unpaired) electrons. The molecule has 19 heavy (non-hydrogen) atoms. The number of carbonyl (C=O) groups excluding carboxylic acids is 1. The summed E-state index contributed by atoms with van der Waals surface area (Å²) >= 11 is 0. The van der Waals surface area contributed by atoms with Crippen molar-refractivity contribution in [1.82, 2.24) is 9.97 Å². The van der Waals surface area contributed by atoms with Gasteiger partial charge in [-0.1, -0.05) is 13.8 Å². The standard InChI is InChI=1S/C12H20N4O3/c1-8(2)11(17)19-6-4-5-14-10-9(18-3)7-15-12(13)16-10/h7-8H,4-6H2,1-3H3,(H3,13,14,15,16). The summed E-state index contributed by atoms with van der Waals surface area (Å²) in [5, 5.41) is 3.06. The van der Waals surface area contributed by atoms with Gasteiger partial charge in [0.1, 0.15) is 0 Å². The molecule has 1 aromatic rings. The molecule has 0 saturated heterocycles. The van der Waals surface area contributed by atoms with Gasteiger partial charge in [0, 0.05) is 6.54 Å². The number of esters is 1. The van der Waals surface area contributed by atoms with Gasteiger partial charge >= 0.3 is 5.97 Å². The molecule has 7 heteroatoms. The van der Waals surface area contributed by atoms with Gasteiger partial charge in [-0.2, -0.15) is 4.98 Å². The normalized spacial score (nSPS) is 10.3. The fraction of sp³-hybridized carbons (Fsp3) is 0.583. The Morgan fingerprint density at radius 2 is 2.26 bits per heavy atom. The number of nitrogens with zero attached hydrogens (tertiary/aromatic N) is 2. The SMILES string of the molecule is COc1cnc(N)nc1NCCCOC(=O)C(C)C. The van der Waals surface area contributed by atoms with Gasteiger partial charge in [0.25, 0.3) is 0 Å². The van der Waals surface area contributed by atoms with E-state index < -0.39 is 0 Å². The summed E-state index contributed by atoms with van der Waals surface area (Å²) in [5.74, 6) is 0.937. The molecule has 0 saturated carbocycles. The summed E-state index contributed by atoms with van der Waals surface area (Å²) in [4.78, 5) is 19.1. The van der Waals surface area contributed by atoms with Crippen LogP contribution >= 0.6 is 0 Å². The molecular formula is C12H20N4O3. The van der Waals surface area contributed by atoms with Crippen molar-refractivity contribution in [3.05, 3.63) is 6.20 Å². The van der Waals surface area contributed by atoms with Crippen molar-refractivity contribution in [3.63, 3.8) is 0 Å². The average molecular weight is 268 g/mol. The van der Waals surface area contributed by atoms with Gasteiger partial charge in [-0.05, 0) is 6.42 Å². The van der Waals surface area contributed by atoms with Crippen molar-refractivity contribution in [2.75, 3.05) is 31.3 Å². The fourth-order valence-electron chi connectivity index (χ4n) is 1.28. The zero-order valence-electron chi connectivity index (χ0n) is 11.5. The number of nitrogens with one attached hydrogen (secondary N) is 1. The molecule has 0 aliphatic rings. The maximum Gasteiger partial charge on any atom is 0.308 e. The second kappa shape index (κ2) is 7.40. The molecule has 3 N–H and O–H groups in total. The van der Waals surface area contributed by atoms with Crippen molar-refractivity contribution >= 4 is 17.7 Å². The van der Waals surface area contributed by atoms with Crippen LogP contribution in [0.5, 0.6) is 5.75 Å². The third-order valence-electron chi connectivity index (χ3n) is 2.32. The van der Waals surface area contributed by atoms with Crippen molar-refractivity contribution in [3.8, 4) is 5.75 Å². The lowest BCUT2D eigenvalue weighted by molar-refractivity contribution is -0.147. The van der Waals surface area contributed by atoms with Gasteiger partial charge in [0.15, 0.2) is 11.6 Å². The zero-order valence-corrected chi connectivity index (χ0v) is 11.5. The number of ether oxygens (including phenoxy) is 2. The first-order valence-corrected chi connectivity index (χ1v) is 6.11. The fourth-order valence-corrected chi connectivity index (χ4v) is 1.28. The first-order valence-electron chi connectivity index (χ1n) is 6.11. The highest BCUT2D eigenvalue weighted by atomic mass is 16.5. The number of rotatable bonds is 7. The molecular weight excluding hydrogens is 248 g/mol. The van der Waals surface area contributed by atoms with Crippen molar-refractivity contribution in [2.24, 2.45) is 5.92 Å². The minimum atomic E-state index is -0.191. The Labute approximate surface area is 112 Å². The predicted molar refractivity (Wildman–Crippen MR) is 71.9 cm³/mol. The minimum absolute atomic E-state index is 0.102. The molecule has 1 rings (SSSR count). The van der Waals surface area contributed by atoms with Crippen molar-refractivity contribution in [2.45, 2.75) is 20.3 Å². The number of hydrogen-bond acceptors (Lipinski definition) is 7. The maximum absolute atomic E-state index is 11.2. The van der Waals surface area contributed by atoms with Crippen LogP contribution in [0.1, 0.15) is 20.3 Å². The number of hydrogen-bond donors (Lipinski definition) is 2. The van der Waals surface area contributed by atoms with Gasteiger partial charge in [-0.15, -0.1) is 0 Å². The van der Waals surface area contributed by atoms with Gasteiger partial charge in [0.05, 0.1) is 25.8 Å². The van der Waals surface area contributed by atoms with Crippen LogP contribution in [0.3, 0.4) is 0 Å². The van der Waals surface area contributed by atoms with Crippen LogP contribution in [0.4, 0.5) is 11.8 Å². The Balaban J connectivity index is 2.33. The summed E-state index contributed by atoms with van der Waals surface area (Å²) < 4.78 is 10.2. The van der Waals surface area contributed by atoms with Crippen LogP contribution < -0.4 is 15.8 Å². The highest BCUT2D eigenvalue weighted by Gasteiger charge is 2.08. The Morgan fingerprint density at radius 1 is 1.53 bits per heavy atom. The Kier molecular flexibility index (Phi) is 5.84. The molecule has 0 atom stereocenters. The van der Waals surface area contributed by atoms with Gasteiger partial charge in [-0.25, -0.2) is 4.98 Å². The van der Waals surface area contributed by atoms with E-state index in [2.05, 4.69) is 15.3 Å². The summed E-state index contributed by atoms with van der Waals surface area (Å²) in [6.07, 6.45) is 2.18. The molecule has 0 aliphatic heterocycles. The lowest BCUT2D eigenvalue weighted by Gasteiger charge is -2.10. The zero-order chi connectivity index (χ0) is 14.3. The number of methoxy groups -OCH3 is 1. The topological polar surface area (TPSA) is 99.4 Å². The first-order chi connectivity index (χ1) is 9.04. The lowest BCUT2D eigenvalue weighted by Crippen LogP contribution is -2.15. The third kappa shape index (κ3) is 4.99. The van der Waals surface area contributed by atoms with E-state index in [1.54, 1.807) is 13.8 Å². The quantitative estimate of drug-likeness (QED) is 0.563. The highest BCUT2D eigenvalue weighted by molar-refractivity contribution is 5.71. The number of nitrogen functional groups attached to an aromatic ring is 1. The van der Waals surface area contributed by atoms with E-state index in [1.165, 1.54) is 13.3 Å². The van der Waals surface area contributed by atoms with Crippen LogP contribution in [0.25, 0.3) is 0 Å².